The zero-order valence-electron chi connectivity index (χ0n) is 14.7. The minimum Gasteiger partial charge on any atom is -0.485 e. The lowest BCUT2D eigenvalue weighted by Gasteiger charge is -2.24. The molecule has 1 aliphatic heterocycles. The van der Waals surface area contributed by atoms with Crippen molar-refractivity contribution < 1.29 is 23.9 Å². The van der Waals surface area contributed by atoms with Crippen LogP contribution < -0.4 is 9.47 Å². The van der Waals surface area contributed by atoms with E-state index >= 15 is 0 Å². The van der Waals surface area contributed by atoms with Crippen LogP contribution in [0.2, 0.25) is 0 Å². The van der Waals surface area contributed by atoms with Crippen LogP contribution in [0.1, 0.15) is 56.4 Å². The Morgan fingerprint density at radius 1 is 1.31 bits per heavy atom. The Bertz CT molecular complexity index is 720. The fourth-order valence-corrected chi connectivity index (χ4v) is 2.89. The number of para-hydroxylation sites is 2. The zero-order valence-corrected chi connectivity index (χ0v) is 14.7. The topological polar surface area (TPSA) is 97.9 Å². The third kappa shape index (κ3) is 4.32. The minimum atomic E-state index is -0.487. The summed E-state index contributed by atoms with van der Waals surface area (Å²) in [6, 6.07) is 7.40. The number of carbonyl (C=O) groups is 1. The Morgan fingerprint density at radius 2 is 2.12 bits per heavy atom. The van der Waals surface area contributed by atoms with Crippen molar-refractivity contribution in [3.8, 4) is 11.5 Å². The van der Waals surface area contributed by atoms with E-state index in [4.69, 9.17) is 13.9 Å². The first-order valence-corrected chi connectivity index (χ1v) is 8.83. The van der Waals surface area contributed by atoms with Gasteiger partial charge in [0.2, 0.25) is 18.4 Å². The van der Waals surface area contributed by atoms with Crippen LogP contribution in [0, 0.1) is 0 Å². The standard InChI is InChI=1S/C18H23N3O5/c1-2-3-4-7-13(10-21(23)12-22)17-19-20-18(26-17)16-11-24-14-8-5-6-9-15(14)25-16/h5-6,8-9,12-13,16,23H,2-4,7,10-11H2,1H3/t13-,16+/m1/s1. The van der Waals surface area contributed by atoms with Crippen molar-refractivity contribution in [3.63, 3.8) is 0 Å². The Hall–Kier alpha value is -2.61. The highest BCUT2D eigenvalue weighted by Gasteiger charge is 2.29. The van der Waals surface area contributed by atoms with Crippen molar-refractivity contribution in [1.29, 1.82) is 0 Å². The quantitative estimate of drug-likeness (QED) is 0.317. The third-order valence-corrected chi connectivity index (χ3v) is 4.27. The molecule has 3 rings (SSSR count). The van der Waals surface area contributed by atoms with E-state index in [1.54, 1.807) is 0 Å². The van der Waals surface area contributed by atoms with E-state index in [1.807, 2.05) is 24.3 Å². The number of ether oxygens (including phenoxy) is 2. The number of unbranched alkanes of at least 4 members (excludes halogenated alkanes) is 2. The highest BCUT2D eigenvalue weighted by atomic mass is 16.6. The summed E-state index contributed by atoms with van der Waals surface area (Å²) in [6.45, 7) is 2.50. The smallest absolute Gasteiger partial charge is 0.260 e. The Labute approximate surface area is 151 Å². The molecule has 26 heavy (non-hydrogen) atoms. The van der Waals surface area contributed by atoms with Crippen LogP contribution in [0.5, 0.6) is 11.5 Å². The molecule has 0 radical (unpaired) electrons. The molecular weight excluding hydrogens is 338 g/mol. The van der Waals surface area contributed by atoms with Crippen molar-refractivity contribution >= 4 is 6.41 Å². The number of benzene rings is 1. The second kappa shape index (κ2) is 8.66. The maximum absolute atomic E-state index is 10.7. The molecule has 140 valence electrons. The minimum absolute atomic E-state index is 0.111. The highest BCUT2D eigenvalue weighted by Crippen LogP contribution is 2.36. The number of rotatable bonds is 9. The van der Waals surface area contributed by atoms with Gasteiger partial charge in [0, 0.05) is 0 Å². The lowest BCUT2D eigenvalue weighted by atomic mass is 10.0. The van der Waals surface area contributed by atoms with Crippen molar-refractivity contribution in [2.75, 3.05) is 13.2 Å². The van der Waals surface area contributed by atoms with E-state index in [9.17, 15) is 10.0 Å². The molecule has 0 spiro atoms. The average molecular weight is 361 g/mol. The van der Waals surface area contributed by atoms with E-state index in [0.717, 1.165) is 25.7 Å². The molecule has 1 amide bonds. The predicted octanol–water partition coefficient (Wildman–Crippen LogP) is 3.09. The molecule has 2 heterocycles. The van der Waals surface area contributed by atoms with Gasteiger partial charge in [-0.1, -0.05) is 38.3 Å². The van der Waals surface area contributed by atoms with Crippen LogP contribution in [0.25, 0.3) is 0 Å². The highest BCUT2D eigenvalue weighted by molar-refractivity contribution is 5.44. The number of nitrogens with zero attached hydrogens (tertiary/aromatic N) is 3. The molecule has 8 nitrogen and oxygen atoms in total. The molecule has 2 aromatic rings. The van der Waals surface area contributed by atoms with Crippen molar-refractivity contribution in [2.24, 2.45) is 0 Å². The number of hydroxylamine groups is 2. The lowest BCUT2D eigenvalue weighted by Crippen LogP contribution is -2.24. The third-order valence-electron chi connectivity index (χ3n) is 4.27. The number of fused-ring (bicyclic) bond motifs is 1. The molecular formula is C18H23N3O5. The van der Waals surface area contributed by atoms with Gasteiger partial charge in [0.05, 0.1) is 12.5 Å². The second-order valence-electron chi connectivity index (χ2n) is 6.26. The normalized spacial score (nSPS) is 16.9. The summed E-state index contributed by atoms with van der Waals surface area (Å²) in [7, 11) is 0. The van der Waals surface area contributed by atoms with Crippen LogP contribution >= 0.6 is 0 Å². The first-order chi connectivity index (χ1) is 12.7. The van der Waals surface area contributed by atoms with E-state index in [1.165, 1.54) is 0 Å². The molecule has 0 fully saturated rings. The molecule has 2 atom stereocenters. The summed E-state index contributed by atoms with van der Waals surface area (Å²) in [5.41, 5.74) is 0. The number of amides is 1. The summed E-state index contributed by atoms with van der Waals surface area (Å²) in [4.78, 5) is 10.7. The van der Waals surface area contributed by atoms with Gasteiger partial charge in [0.1, 0.15) is 6.61 Å². The molecule has 8 heteroatoms. The number of hydrogen-bond donors (Lipinski definition) is 1. The maximum Gasteiger partial charge on any atom is 0.260 e. The SMILES string of the molecule is CCCCC[C@H](CN(O)C=O)c1nnc([C@@H]2COc3ccccc3O2)o1. The van der Waals surface area contributed by atoms with Gasteiger partial charge < -0.3 is 13.9 Å². The molecule has 0 unspecified atom stereocenters. The molecule has 0 saturated carbocycles. The Morgan fingerprint density at radius 3 is 2.88 bits per heavy atom. The first-order valence-electron chi connectivity index (χ1n) is 8.83. The summed E-state index contributed by atoms with van der Waals surface area (Å²) >= 11 is 0. The van der Waals surface area contributed by atoms with Crippen molar-refractivity contribution in [2.45, 2.75) is 44.6 Å². The van der Waals surface area contributed by atoms with Gasteiger partial charge in [-0.05, 0) is 18.6 Å². The molecule has 0 saturated heterocycles. The van der Waals surface area contributed by atoms with Crippen LogP contribution in [0.4, 0.5) is 0 Å². The van der Waals surface area contributed by atoms with E-state index < -0.39 is 6.10 Å². The first kappa shape index (κ1) is 18.2. The van der Waals surface area contributed by atoms with Gasteiger partial charge in [-0.2, -0.15) is 0 Å². The van der Waals surface area contributed by atoms with Crippen LogP contribution in [-0.4, -0.2) is 40.0 Å². The number of aromatic nitrogens is 2. The molecule has 0 bridgehead atoms. The van der Waals surface area contributed by atoms with Crippen molar-refractivity contribution in [1.82, 2.24) is 15.3 Å². The van der Waals surface area contributed by atoms with Gasteiger partial charge in [-0.3, -0.25) is 10.0 Å². The predicted molar refractivity (Wildman–Crippen MR) is 91.0 cm³/mol. The Kier molecular flexibility index (Phi) is 6.06. The largest absolute Gasteiger partial charge is 0.485 e. The maximum atomic E-state index is 10.7. The monoisotopic (exact) mass is 361 g/mol. The molecule has 1 aromatic carbocycles. The van der Waals surface area contributed by atoms with E-state index in [-0.39, 0.29) is 19.1 Å². The summed E-state index contributed by atoms with van der Waals surface area (Å²) in [6.07, 6.45) is 3.70. The van der Waals surface area contributed by atoms with Gasteiger partial charge >= 0.3 is 0 Å². The van der Waals surface area contributed by atoms with Crippen LogP contribution in [-0.2, 0) is 4.79 Å². The van der Waals surface area contributed by atoms with Crippen LogP contribution in [0.3, 0.4) is 0 Å². The van der Waals surface area contributed by atoms with Crippen LogP contribution in [0.15, 0.2) is 28.7 Å². The molecule has 1 aromatic heterocycles. The fraction of sp³-hybridized carbons (Fsp3) is 0.500. The second-order valence-corrected chi connectivity index (χ2v) is 6.26. The van der Waals surface area contributed by atoms with Crippen molar-refractivity contribution in [3.05, 3.63) is 36.0 Å². The lowest BCUT2D eigenvalue weighted by molar-refractivity contribution is -0.151. The van der Waals surface area contributed by atoms with Gasteiger partial charge in [0.25, 0.3) is 5.89 Å². The number of carbonyl (C=O) groups excluding carboxylic acids is 1. The summed E-state index contributed by atoms with van der Waals surface area (Å²) < 4.78 is 17.3. The molecule has 0 aliphatic carbocycles. The molecule has 1 aliphatic rings. The average Bonchev–Trinajstić information content (AvgIpc) is 3.17. The Balaban J connectivity index is 1.71. The van der Waals surface area contributed by atoms with Gasteiger partial charge in [-0.25, -0.2) is 5.06 Å². The van der Waals surface area contributed by atoms with E-state index in [2.05, 4.69) is 17.1 Å². The summed E-state index contributed by atoms with van der Waals surface area (Å²) in [5, 5.41) is 18.3. The number of hydrogen-bond acceptors (Lipinski definition) is 7. The van der Waals surface area contributed by atoms with E-state index in [0.29, 0.717) is 34.8 Å². The fourth-order valence-electron chi connectivity index (χ4n) is 2.89. The zero-order chi connectivity index (χ0) is 18.4. The van der Waals surface area contributed by atoms with Gasteiger partial charge in [-0.15, -0.1) is 10.2 Å². The van der Waals surface area contributed by atoms with Gasteiger partial charge in [0.15, 0.2) is 11.5 Å². The molecule has 1 N–H and O–H groups in total. The summed E-state index contributed by atoms with van der Waals surface area (Å²) in [5.74, 6) is 1.80.